The summed E-state index contributed by atoms with van der Waals surface area (Å²) in [6.45, 7) is 6.22. The Morgan fingerprint density at radius 1 is 1.17 bits per heavy atom. The minimum absolute atomic E-state index is 0.168. The Morgan fingerprint density at radius 3 is 2.56 bits per heavy atom. The largest absolute Gasteiger partial charge is 0.323 e. The normalized spacial score (nSPS) is 12.1. The van der Waals surface area contributed by atoms with E-state index >= 15 is 0 Å². The van der Waals surface area contributed by atoms with Crippen LogP contribution in [0.4, 0.5) is 0 Å². The highest BCUT2D eigenvalue weighted by atomic mass is 35.5. The molecule has 94 valence electrons. The van der Waals surface area contributed by atoms with Gasteiger partial charge in [-0.1, -0.05) is 11.6 Å². The van der Waals surface area contributed by atoms with Gasteiger partial charge >= 0.3 is 0 Å². The Balaban J connectivity index is 2.53. The first-order valence-corrected chi connectivity index (χ1v) is 7.06. The third-order valence-electron chi connectivity index (χ3n) is 2.79. The van der Waals surface area contributed by atoms with E-state index in [9.17, 15) is 0 Å². The van der Waals surface area contributed by atoms with E-state index in [1.54, 1.807) is 0 Å². The molecule has 0 aromatic carbocycles. The van der Waals surface area contributed by atoms with E-state index in [1.165, 1.54) is 11.3 Å². The number of aromatic nitrogens is 4. The lowest BCUT2D eigenvalue weighted by atomic mass is 10.3. The first-order chi connectivity index (χ1) is 8.49. The third kappa shape index (κ3) is 1.61. The van der Waals surface area contributed by atoms with Crippen molar-refractivity contribution in [3.63, 3.8) is 0 Å². The SMILES string of the molecule is Cc1nc2sc3c(Cl)nc(Cl)nc3c2n1C(C)C. The average Bonchev–Trinajstić information content (AvgIpc) is 2.73. The molecule has 0 aliphatic heterocycles. The second-order valence-corrected chi connectivity index (χ2v) is 6.03. The van der Waals surface area contributed by atoms with Crippen LogP contribution in [0.2, 0.25) is 10.4 Å². The summed E-state index contributed by atoms with van der Waals surface area (Å²) in [5.41, 5.74) is 1.78. The molecule has 0 fully saturated rings. The summed E-state index contributed by atoms with van der Waals surface area (Å²) in [4.78, 5) is 13.7. The van der Waals surface area contributed by atoms with E-state index in [0.717, 1.165) is 26.4 Å². The van der Waals surface area contributed by atoms with Crippen LogP contribution in [0.1, 0.15) is 25.7 Å². The van der Waals surface area contributed by atoms with Crippen LogP contribution < -0.4 is 0 Å². The molecule has 0 aliphatic carbocycles. The van der Waals surface area contributed by atoms with Gasteiger partial charge in [0.05, 0.1) is 4.70 Å². The standard InChI is InChI=1S/C11H10Cl2N4S/c1-4(2)17-5(3)14-10-7(17)6-8(18-10)9(12)16-11(13)15-6/h4H,1-3H3. The zero-order valence-electron chi connectivity index (χ0n) is 10.0. The number of halogens is 2. The summed E-state index contributed by atoms with van der Waals surface area (Å²) in [5, 5.41) is 0.558. The minimum atomic E-state index is 0.168. The number of hydrogen-bond donors (Lipinski definition) is 0. The van der Waals surface area contributed by atoms with Crippen LogP contribution in [0.3, 0.4) is 0 Å². The molecule has 4 nitrogen and oxygen atoms in total. The predicted molar refractivity (Wildman–Crippen MR) is 75.8 cm³/mol. The van der Waals surface area contributed by atoms with Crippen molar-refractivity contribution in [2.75, 3.05) is 0 Å². The lowest BCUT2D eigenvalue weighted by Gasteiger charge is -2.10. The van der Waals surface area contributed by atoms with Gasteiger partial charge in [0, 0.05) is 6.04 Å². The summed E-state index contributed by atoms with van der Waals surface area (Å²) in [5.74, 6) is 0.971. The fourth-order valence-electron chi connectivity index (χ4n) is 2.18. The number of fused-ring (bicyclic) bond motifs is 3. The Labute approximate surface area is 118 Å². The molecule has 0 spiro atoms. The quantitative estimate of drug-likeness (QED) is 0.499. The van der Waals surface area contributed by atoms with Crippen molar-refractivity contribution in [2.24, 2.45) is 0 Å². The number of rotatable bonds is 1. The molecule has 3 aromatic heterocycles. The van der Waals surface area contributed by atoms with Crippen molar-refractivity contribution >= 4 is 55.1 Å². The number of thiophene rings is 1. The number of imidazole rings is 1. The minimum Gasteiger partial charge on any atom is -0.323 e. The Hall–Kier alpha value is -0.910. The highest BCUT2D eigenvalue weighted by Gasteiger charge is 2.19. The number of nitrogens with zero attached hydrogens (tertiary/aromatic N) is 4. The van der Waals surface area contributed by atoms with E-state index in [4.69, 9.17) is 23.2 Å². The molecule has 0 unspecified atom stereocenters. The first-order valence-electron chi connectivity index (χ1n) is 5.49. The molecule has 0 saturated heterocycles. The van der Waals surface area contributed by atoms with Gasteiger partial charge in [-0.3, -0.25) is 0 Å². The topological polar surface area (TPSA) is 43.6 Å². The highest BCUT2D eigenvalue weighted by Crippen LogP contribution is 2.37. The van der Waals surface area contributed by atoms with Gasteiger partial charge in [0.25, 0.3) is 0 Å². The third-order valence-corrected chi connectivity index (χ3v) is 4.42. The van der Waals surface area contributed by atoms with Gasteiger partial charge in [-0.15, -0.1) is 11.3 Å². The van der Waals surface area contributed by atoms with E-state index in [1.807, 2.05) is 6.92 Å². The molecule has 7 heteroatoms. The van der Waals surface area contributed by atoms with Gasteiger partial charge in [-0.2, -0.15) is 0 Å². The Morgan fingerprint density at radius 2 is 1.89 bits per heavy atom. The second-order valence-electron chi connectivity index (χ2n) is 4.34. The molecular formula is C11H10Cl2N4S. The fourth-order valence-corrected chi connectivity index (χ4v) is 3.71. The van der Waals surface area contributed by atoms with Crippen molar-refractivity contribution in [2.45, 2.75) is 26.8 Å². The average molecular weight is 301 g/mol. The van der Waals surface area contributed by atoms with Gasteiger partial charge in [-0.25, -0.2) is 15.0 Å². The van der Waals surface area contributed by atoms with Gasteiger partial charge in [0.2, 0.25) is 5.28 Å². The molecule has 3 rings (SSSR count). The van der Waals surface area contributed by atoms with Gasteiger partial charge in [0.15, 0.2) is 5.15 Å². The Bertz CT molecular complexity index is 759. The van der Waals surface area contributed by atoms with E-state index < -0.39 is 0 Å². The molecular weight excluding hydrogens is 291 g/mol. The summed E-state index contributed by atoms with van der Waals surface area (Å²) in [6, 6.07) is 0.306. The molecule has 0 atom stereocenters. The van der Waals surface area contributed by atoms with Crippen molar-refractivity contribution in [1.29, 1.82) is 0 Å². The molecule has 3 aromatic rings. The predicted octanol–water partition coefficient (Wildman–Crippen LogP) is 4.24. The molecule has 0 amide bonds. The van der Waals surface area contributed by atoms with Gasteiger partial charge < -0.3 is 4.57 Å². The van der Waals surface area contributed by atoms with Crippen LogP contribution in [0.25, 0.3) is 20.6 Å². The van der Waals surface area contributed by atoms with Gasteiger partial charge in [0.1, 0.15) is 21.7 Å². The summed E-state index contributed by atoms with van der Waals surface area (Å²) < 4.78 is 2.99. The molecule has 0 N–H and O–H groups in total. The summed E-state index contributed by atoms with van der Waals surface area (Å²) >= 11 is 13.5. The van der Waals surface area contributed by atoms with Crippen LogP contribution >= 0.6 is 34.5 Å². The van der Waals surface area contributed by atoms with Crippen LogP contribution in [0.5, 0.6) is 0 Å². The fraction of sp³-hybridized carbons (Fsp3) is 0.364. The maximum absolute atomic E-state index is 6.10. The van der Waals surface area contributed by atoms with Crippen molar-refractivity contribution < 1.29 is 0 Å². The zero-order chi connectivity index (χ0) is 13.0. The van der Waals surface area contributed by atoms with Crippen LogP contribution in [0, 0.1) is 6.92 Å². The smallest absolute Gasteiger partial charge is 0.224 e. The lowest BCUT2D eigenvalue weighted by Crippen LogP contribution is -2.03. The summed E-state index contributed by atoms with van der Waals surface area (Å²) in [7, 11) is 0. The highest BCUT2D eigenvalue weighted by molar-refractivity contribution is 7.25. The first kappa shape index (κ1) is 12.1. The number of hydrogen-bond acceptors (Lipinski definition) is 4. The van der Waals surface area contributed by atoms with Crippen molar-refractivity contribution in [1.82, 2.24) is 19.5 Å². The molecule has 3 heterocycles. The maximum atomic E-state index is 6.10. The molecule has 0 saturated carbocycles. The van der Waals surface area contributed by atoms with Crippen molar-refractivity contribution in [3.8, 4) is 0 Å². The van der Waals surface area contributed by atoms with Crippen LogP contribution in [0.15, 0.2) is 0 Å². The van der Waals surface area contributed by atoms with E-state index in [0.29, 0.717) is 11.2 Å². The second kappa shape index (κ2) is 4.05. The monoisotopic (exact) mass is 300 g/mol. The maximum Gasteiger partial charge on any atom is 0.224 e. The van der Waals surface area contributed by atoms with E-state index in [2.05, 4.69) is 33.4 Å². The molecule has 18 heavy (non-hydrogen) atoms. The molecule has 0 radical (unpaired) electrons. The molecule has 0 bridgehead atoms. The van der Waals surface area contributed by atoms with Crippen molar-refractivity contribution in [3.05, 3.63) is 16.3 Å². The van der Waals surface area contributed by atoms with E-state index in [-0.39, 0.29) is 5.28 Å². The number of aryl methyl sites for hydroxylation is 1. The zero-order valence-corrected chi connectivity index (χ0v) is 12.4. The lowest BCUT2D eigenvalue weighted by molar-refractivity contribution is 0.601. The van der Waals surface area contributed by atoms with Gasteiger partial charge in [-0.05, 0) is 32.4 Å². The molecule has 0 aliphatic rings. The van der Waals surface area contributed by atoms with Crippen LogP contribution in [-0.4, -0.2) is 19.5 Å². The van der Waals surface area contributed by atoms with Crippen LogP contribution in [-0.2, 0) is 0 Å². The summed E-state index contributed by atoms with van der Waals surface area (Å²) in [6.07, 6.45) is 0. The Kier molecular flexibility index (Phi) is 2.73.